The molecule has 2 unspecified atom stereocenters. The molecule has 0 aromatic heterocycles. The number of alkyl carbamates (subject to hydrolysis) is 1. The smallest absolute Gasteiger partial charge is 0.407 e. The summed E-state index contributed by atoms with van der Waals surface area (Å²) in [5, 5.41) is 12.1. The molecule has 0 saturated carbocycles. The van der Waals surface area contributed by atoms with Gasteiger partial charge in [0.15, 0.2) is 0 Å². The van der Waals surface area contributed by atoms with E-state index in [2.05, 4.69) is 29.6 Å². The Labute approximate surface area is 198 Å². The number of carbonyl (C=O) groups excluding carboxylic acids is 2. The summed E-state index contributed by atoms with van der Waals surface area (Å²) in [6.07, 6.45) is -0.539. The Hall–Kier alpha value is -3.39. The van der Waals surface area contributed by atoms with E-state index >= 15 is 0 Å². The van der Waals surface area contributed by atoms with Crippen LogP contribution in [-0.2, 0) is 19.1 Å². The second-order valence-electron chi connectivity index (χ2n) is 9.20. The van der Waals surface area contributed by atoms with Crippen molar-refractivity contribution in [3.63, 3.8) is 0 Å². The van der Waals surface area contributed by atoms with Gasteiger partial charge in [0.05, 0.1) is 12.0 Å². The van der Waals surface area contributed by atoms with Crippen LogP contribution in [-0.4, -0.2) is 67.4 Å². The normalized spacial score (nSPS) is 21.1. The van der Waals surface area contributed by atoms with Crippen molar-refractivity contribution in [2.75, 3.05) is 39.5 Å². The van der Waals surface area contributed by atoms with Crippen LogP contribution in [0.25, 0.3) is 11.1 Å². The first-order valence-corrected chi connectivity index (χ1v) is 11.5. The number of carbonyl (C=O) groups is 3. The van der Waals surface area contributed by atoms with Crippen LogP contribution in [0.3, 0.4) is 0 Å². The van der Waals surface area contributed by atoms with Gasteiger partial charge in [0, 0.05) is 25.6 Å². The van der Waals surface area contributed by atoms with E-state index in [1.54, 1.807) is 6.92 Å². The molecular weight excluding hydrogens is 436 g/mol. The Bertz CT molecular complexity index is 1040. The summed E-state index contributed by atoms with van der Waals surface area (Å²) in [7, 11) is 0. The molecule has 1 heterocycles. The lowest BCUT2D eigenvalue weighted by Gasteiger charge is -2.22. The zero-order valence-corrected chi connectivity index (χ0v) is 19.5. The zero-order chi connectivity index (χ0) is 24.3. The van der Waals surface area contributed by atoms with Crippen molar-refractivity contribution >= 4 is 18.0 Å². The molecule has 1 saturated heterocycles. The van der Waals surface area contributed by atoms with Crippen molar-refractivity contribution in [3.8, 4) is 11.1 Å². The van der Waals surface area contributed by atoms with Gasteiger partial charge in [-0.1, -0.05) is 55.5 Å². The van der Waals surface area contributed by atoms with Crippen LogP contribution in [0.4, 0.5) is 4.79 Å². The molecule has 2 amide bonds. The molecular formula is C26H30N2O6. The van der Waals surface area contributed by atoms with Crippen molar-refractivity contribution in [1.29, 1.82) is 0 Å². The first-order chi connectivity index (χ1) is 16.3. The summed E-state index contributed by atoms with van der Waals surface area (Å²) >= 11 is 0. The van der Waals surface area contributed by atoms with Crippen LogP contribution in [0.2, 0.25) is 0 Å². The van der Waals surface area contributed by atoms with Crippen molar-refractivity contribution in [3.05, 3.63) is 59.7 Å². The Morgan fingerprint density at radius 1 is 1.09 bits per heavy atom. The fourth-order valence-corrected chi connectivity index (χ4v) is 4.74. The van der Waals surface area contributed by atoms with E-state index < -0.39 is 17.5 Å². The molecule has 2 N–H and O–H groups in total. The van der Waals surface area contributed by atoms with Gasteiger partial charge in [0.1, 0.15) is 13.2 Å². The van der Waals surface area contributed by atoms with Crippen molar-refractivity contribution in [2.24, 2.45) is 11.3 Å². The number of amides is 2. The van der Waals surface area contributed by atoms with E-state index in [4.69, 9.17) is 9.47 Å². The highest BCUT2D eigenvalue weighted by Crippen LogP contribution is 2.44. The number of carboxylic acids is 1. The molecule has 1 aliphatic heterocycles. The van der Waals surface area contributed by atoms with E-state index in [-0.39, 0.29) is 50.7 Å². The average molecular weight is 467 g/mol. The average Bonchev–Trinajstić information content (AvgIpc) is 3.32. The fraction of sp³-hybridized carbons (Fsp3) is 0.423. The molecule has 8 nitrogen and oxygen atoms in total. The minimum atomic E-state index is -0.943. The van der Waals surface area contributed by atoms with Crippen LogP contribution in [0.15, 0.2) is 48.5 Å². The number of nitrogens with zero attached hydrogens (tertiary/aromatic N) is 1. The van der Waals surface area contributed by atoms with Gasteiger partial charge in [-0.15, -0.1) is 0 Å². The topological polar surface area (TPSA) is 105 Å². The molecule has 2 atom stereocenters. The summed E-state index contributed by atoms with van der Waals surface area (Å²) in [6, 6.07) is 16.3. The van der Waals surface area contributed by atoms with Crippen LogP contribution < -0.4 is 5.32 Å². The van der Waals surface area contributed by atoms with Gasteiger partial charge in [0.25, 0.3) is 0 Å². The lowest BCUT2D eigenvalue weighted by molar-refractivity contribution is -0.149. The Morgan fingerprint density at radius 2 is 1.71 bits per heavy atom. The van der Waals surface area contributed by atoms with E-state index in [1.807, 2.05) is 31.2 Å². The maximum atomic E-state index is 12.3. The van der Waals surface area contributed by atoms with E-state index in [0.29, 0.717) is 6.54 Å². The summed E-state index contributed by atoms with van der Waals surface area (Å²) in [4.78, 5) is 37.6. The molecule has 180 valence electrons. The summed E-state index contributed by atoms with van der Waals surface area (Å²) < 4.78 is 10.9. The molecule has 2 aromatic carbocycles. The molecule has 4 rings (SSSR count). The third kappa shape index (κ3) is 4.63. The molecule has 2 aromatic rings. The van der Waals surface area contributed by atoms with Crippen LogP contribution in [0.1, 0.15) is 30.9 Å². The minimum absolute atomic E-state index is 0.00800. The monoisotopic (exact) mass is 466 g/mol. The summed E-state index contributed by atoms with van der Waals surface area (Å²) in [5.74, 6) is -1.29. The minimum Gasteiger partial charge on any atom is -0.481 e. The lowest BCUT2D eigenvalue weighted by Crippen LogP contribution is -2.38. The maximum Gasteiger partial charge on any atom is 0.407 e. The van der Waals surface area contributed by atoms with Gasteiger partial charge in [-0.3, -0.25) is 9.59 Å². The lowest BCUT2D eigenvalue weighted by atomic mass is 9.81. The van der Waals surface area contributed by atoms with Crippen LogP contribution in [0.5, 0.6) is 0 Å². The number of aliphatic carboxylic acids is 1. The van der Waals surface area contributed by atoms with Gasteiger partial charge < -0.3 is 24.8 Å². The number of carboxylic acid groups (broad SMARTS) is 1. The Morgan fingerprint density at radius 3 is 2.29 bits per heavy atom. The van der Waals surface area contributed by atoms with Gasteiger partial charge >= 0.3 is 12.1 Å². The molecule has 34 heavy (non-hydrogen) atoms. The molecule has 2 aliphatic rings. The first kappa shape index (κ1) is 23.8. The number of likely N-dealkylation sites (tertiary alicyclic amines) is 1. The Balaban J connectivity index is 1.18. The van der Waals surface area contributed by atoms with Crippen LogP contribution in [0, 0.1) is 11.3 Å². The highest BCUT2D eigenvalue weighted by atomic mass is 16.5. The van der Waals surface area contributed by atoms with Gasteiger partial charge in [-0.2, -0.15) is 0 Å². The number of fused-ring (bicyclic) bond motifs is 3. The first-order valence-electron chi connectivity index (χ1n) is 11.5. The van der Waals surface area contributed by atoms with E-state index in [1.165, 1.54) is 16.0 Å². The second-order valence-corrected chi connectivity index (χ2v) is 9.20. The largest absolute Gasteiger partial charge is 0.481 e. The van der Waals surface area contributed by atoms with Crippen molar-refractivity contribution < 1.29 is 29.0 Å². The maximum absolute atomic E-state index is 12.3. The van der Waals surface area contributed by atoms with Crippen molar-refractivity contribution in [1.82, 2.24) is 10.2 Å². The number of nitrogens with one attached hydrogen (secondary N) is 1. The van der Waals surface area contributed by atoms with Gasteiger partial charge in [-0.25, -0.2) is 4.79 Å². The molecule has 1 aliphatic carbocycles. The SMILES string of the molecule is CC1CN(C(=O)COCCNC(=O)OCC2c3ccccc3-c3ccccc32)CC1(C)C(=O)O. The van der Waals surface area contributed by atoms with E-state index in [0.717, 1.165) is 11.1 Å². The number of benzene rings is 2. The summed E-state index contributed by atoms with van der Waals surface area (Å²) in [5.41, 5.74) is 3.69. The van der Waals surface area contributed by atoms with Gasteiger partial charge in [0.2, 0.25) is 5.91 Å². The van der Waals surface area contributed by atoms with Gasteiger partial charge in [-0.05, 0) is 35.1 Å². The Kier molecular flexibility index (Phi) is 6.88. The standard InChI is InChI=1S/C26H30N2O6/c1-17-13-28(16-26(17,2)24(30)31)23(29)15-33-12-11-27-25(32)34-14-22-20-9-5-3-7-18(20)19-8-4-6-10-21(19)22/h3-10,17,22H,11-16H2,1-2H3,(H,27,32)(H,30,31). The number of hydrogen-bond donors (Lipinski definition) is 2. The highest BCUT2D eigenvalue weighted by molar-refractivity contribution is 5.81. The molecule has 0 radical (unpaired) electrons. The van der Waals surface area contributed by atoms with Crippen LogP contribution >= 0.6 is 0 Å². The summed E-state index contributed by atoms with van der Waals surface area (Å²) in [6.45, 7) is 4.48. The molecule has 1 fully saturated rings. The molecule has 0 bridgehead atoms. The number of hydrogen-bond acceptors (Lipinski definition) is 5. The molecule has 0 spiro atoms. The van der Waals surface area contributed by atoms with E-state index in [9.17, 15) is 19.5 Å². The highest BCUT2D eigenvalue weighted by Gasteiger charge is 2.47. The number of rotatable bonds is 8. The predicted octanol–water partition coefficient (Wildman–Crippen LogP) is 3.11. The predicted molar refractivity (Wildman–Crippen MR) is 125 cm³/mol. The van der Waals surface area contributed by atoms with Crippen molar-refractivity contribution in [2.45, 2.75) is 19.8 Å². The second kappa shape index (κ2) is 9.85. The zero-order valence-electron chi connectivity index (χ0n) is 19.5. The molecule has 8 heteroatoms. The quantitative estimate of drug-likeness (QED) is 0.579. The fourth-order valence-electron chi connectivity index (χ4n) is 4.74. The number of ether oxygens (including phenoxy) is 2. The third-order valence-corrected chi connectivity index (χ3v) is 7.03. The third-order valence-electron chi connectivity index (χ3n) is 7.03.